The number of carbonyl (C=O) groups excluding carboxylic acids is 1. The zero-order valence-electron chi connectivity index (χ0n) is 10.2. The van der Waals surface area contributed by atoms with Crippen LogP contribution in [0, 0.1) is 6.92 Å². The van der Waals surface area contributed by atoms with Gasteiger partial charge >= 0.3 is 0 Å². The van der Waals surface area contributed by atoms with Crippen LogP contribution in [0.25, 0.3) is 0 Å². The van der Waals surface area contributed by atoms with Gasteiger partial charge in [0, 0.05) is 35.3 Å². The molecule has 3 heterocycles. The van der Waals surface area contributed by atoms with Crippen LogP contribution in [0.2, 0.25) is 0 Å². The van der Waals surface area contributed by atoms with Crippen molar-refractivity contribution in [1.29, 1.82) is 0 Å². The Morgan fingerprint density at radius 2 is 2.44 bits per heavy atom. The van der Waals surface area contributed by atoms with Crippen molar-refractivity contribution in [3.8, 4) is 0 Å². The van der Waals surface area contributed by atoms with E-state index in [0.29, 0.717) is 17.0 Å². The molecule has 2 atom stereocenters. The van der Waals surface area contributed by atoms with Crippen LogP contribution < -0.4 is 5.56 Å². The van der Waals surface area contributed by atoms with Gasteiger partial charge in [0.1, 0.15) is 6.54 Å². The summed E-state index contributed by atoms with van der Waals surface area (Å²) in [5.74, 6) is 1.08. The Morgan fingerprint density at radius 3 is 3.06 bits per heavy atom. The predicted octanol–water partition coefficient (Wildman–Crippen LogP) is 0.268. The van der Waals surface area contributed by atoms with Crippen molar-refractivity contribution < 1.29 is 4.79 Å². The molecule has 2 bridgehead atoms. The first-order chi connectivity index (χ1) is 8.63. The summed E-state index contributed by atoms with van der Waals surface area (Å²) in [4.78, 5) is 29.8. The molecule has 96 valence electrons. The molecule has 2 unspecified atom stereocenters. The van der Waals surface area contributed by atoms with Crippen LogP contribution in [0.15, 0.2) is 17.2 Å². The Bertz CT molecular complexity index is 542. The topological polar surface area (TPSA) is 55.2 Å². The fourth-order valence-electron chi connectivity index (χ4n) is 2.58. The number of thioether (sulfide) groups is 1. The molecule has 1 aromatic rings. The first-order valence-electron chi connectivity index (χ1n) is 6.07. The Labute approximate surface area is 109 Å². The molecule has 1 aromatic heterocycles. The molecule has 0 N–H and O–H groups in total. The van der Waals surface area contributed by atoms with Crippen LogP contribution in [0.1, 0.15) is 12.1 Å². The second kappa shape index (κ2) is 4.42. The molecule has 2 aliphatic heterocycles. The molecule has 2 aliphatic rings. The summed E-state index contributed by atoms with van der Waals surface area (Å²) >= 11 is 1.95. The molecule has 5 nitrogen and oxygen atoms in total. The van der Waals surface area contributed by atoms with Crippen molar-refractivity contribution >= 4 is 17.7 Å². The molecule has 0 aliphatic carbocycles. The van der Waals surface area contributed by atoms with Crippen molar-refractivity contribution in [3.63, 3.8) is 0 Å². The molecule has 2 saturated heterocycles. The van der Waals surface area contributed by atoms with Gasteiger partial charge < -0.3 is 4.90 Å². The quantitative estimate of drug-likeness (QED) is 0.770. The highest BCUT2D eigenvalue weighted by Crippen LogP contribution is 2.37. The van der Waals surface area contributed by atoms with Crippen molar-refractivity contribution in [2.45, 2.75) is 31.2 Å². The van der Waals surface area contributed by atoms with Crippen molar-refractivity contribution in [2.75, 3.05) is 12.3 Å². The third kappa shape index (κ3) is 2.05. The van der Waals surface area contributed by atoms with Gasteiger partial charge in [0.25, 0.3) is 5.56 Å². The number of nitrogens with zero attached hydrogens (tertiary/aromatic N) is 3. The third-order valence-corrected chi connectivity index (χ3v) is 4.93. The number of rotatable bonds is 2. The lowest BCUT2D eigenvalue weighted by molar-refractivity contribution is -0.132. The first-order valence-corrected chi connectivity index (χ1v) is 7.12. The van der Waals surface area contributed by atoms with Gasteiger partial charge in [-0.05, 0) is 13.3 Å². The van der Waals surface area contributed by atoms with E-state index in [1.165, 1.54) is 17.0 Å². The molecule has 2 fully saturated rings. The number of amides is 1. The van der Waals surface area contributed by atoms with Crippen molar-refractivity contribution in [2.24, 2.45) is 0 Å². The maximum Gasteiger partial charge on any atom is 0.253 e. The number of carbonyl (C=O) groups is 1. The number of aryl methyl sites for hydroxylation is 1. The SMILES string of the molecule is Cc1cc(=O)n(CC(=O)N2CC3CC2CS3)cn1. The monoisotopic (exact) mass is 265 g/mol. The van der Waals surface area contributed by atoms with Gasteiger partial charge in [0.2, 0.25) is 5.91 Å². The van der Waals surface area contributed by atoms with Gasteiger partial charge in [0.05, 0.1) is 6.33 Å². The zero-order chi connectivity index (χ0) is 12.7. The highest BCUT2D eigenvalue weighted by atomic mass is 32.2. The lowest BCUT2D eigenvalue weighted by atomic mass is 10.2. The fraction of sp³-hybridized carbons (Fsp3) is 0.583. The average Bonchev–Trinajstić information content (AvgIpc) is 2.94. The molecule has 18 heavy (non-hydrogen) atoms. The van der Waals surface area contributed by atoms with Gasteiger partial charge in [0.15, 0.2) is 0 Å². The van der Waals surface area contributed by atoms with Crippen LogP contribution in [-0.2, 0) is 11.3 Å². The Balaban J connectivity index is 1.73. The lowest BCUT2D eigenvalue weighted by Gasteiger charge is -2.26. The number of likely N-dealkylation sites (tertiary alicyclic amines) is 1. The van der Waals surface area contributed by atoms with E-state index in [4.69, 9.17) is 0 Å². The number of aromatic nitrogens is 2. The Kier molecular flexibility index (Phi) is 2.89. The molecule has 0 spiro atoms. The summed E-state index contributed by atoms with van der Waals surface area (Å²) in [6.45, 7) is 2.71. The normalized spacial score (nSPS) is 25.7. The van der Waals surface area contributed by atoms with Crippen LogP contribution in [-0.4, -0.2) is 43.9 Å². The first kappa shape index (κ1) is 11.8. The van der Waals surface area contributed by atoms with E-state index in [0.717, 1.165) is 18.7 Å². The van der Waals surface area contributed by atoms with Crippen LogP contribution in [0.4, 0.5) is 0 Å². The summed E-state index contributed by atoms with van der Waals surface area (Å²) in [6.07, 6.45) is 2.57. The van der Waals surface area contributed by atoms with E-state index >= 15 is 0 Å². The van der Waals surface area contributed by atoms with Gasteiger partial charge in [-0.3, -0.25) is 14.2 Å². The number of hydrogen-bond acceptors (Lipinski definition) is 4. The molecule has 0 radical (unpaired) electrons. The van der Waals surface area contributed by atoms with E-state index in [2.05, 4.69) is 4.98 Å². The van der Waals surface area contributed by atoms with E-state index in [1.54, 1.807) is 6.92 Å². The van der Waals surface area contributed by atoms with Crippen molar-refractivity contribution in [1.82, 2.24) is 14.5 Å². The molecule has 0 aromatic carbocycles. The van der Waals surface area contributed by atoms with Crippen LogP contribution >= 0.6 is 11.8 Å². The predicted molar refractivity (Wildman–Crippen MR) is 69.6 cm³/mol. The van der Waals surface area contributed by atoms with Gasteiger partial charge in [-0.1, -0.05) is 0 Å². The van der Waals surface area contributed by atoms with E-state index in [1.807, 2.05) is 16.7 Å². The van der Waals surface area contributed by atoms with Gasteiger partial charge in [-0.25, -0.2) is 4.98 Å². The Hall–Kier alpha value is -1.30. The summed E-state index contributed by atoms with van der Waals surface area (Å²) in [5.41, 5.74) is 0.523. The fourth-order valence-corrected chi connectivity index (χ4v) is 4.01. The summed E-state index contributed by atoms with van der Waals surface area (Å²) in [5, 5.41) is 0.604. The molecule has 0 saturated carbocycles. The molecule has 1 amide bonds. The highest BCUT2D eigenvalue weighted by Gasteiger charge is 2.40. The van der Waals surface area contributed by atoms with E-state index < -0.39 is 0 Å². The summed E-state index contributed by atoms with van der Waals surface area (Å²) in [6, 6.07) is 1.83. The largest absolute Gasteiger partial charge is 0.336 e. The minimum atomic E-state index is -0.158. The molecular formula is C12H15N3O2S. The maximum absolute atomic E-state index is 12.2. The molecule has 3 rings (SSSR count). The Morgan fingerprint density at radius 1 is 1.61 bits per heavy atom. The molecular weight excluding hydrogens is 250 g/mol. The molecule has 6 heteroatoms. The van der Waals surface area contributed by atoms with Gasteiger partial charge in [-0.2, -0.15) is 11.8 Å². The van der Waals surface area contributed by atoms with Gasteiger partial charge in [-0.15, -0.1) is 0 Å². The summed E-state index contributed by atoms with van der Waals surface area (Å²) in [7, 11) is 0. The minimum absolute atomic E-state index is 0.0375. The lowest BCUT2D eigenvalue weighted by Crippen LogP contribution is -2.42. The van der Waals surface area contributed by atoms with Crippen LogP contribution in [0.5, 0.6) is 0 Å². The third-order valence-electron chi connectivity index (χ3n) is 3.54. The smallest absolute Gasteiger partial charge is 0.253 e. The number of hydrogen-bond donors (Lipinski definition) is 0. The van der Waals surface area contributed by atoms with Crippen molar-refractivity contribution in [3.05, 3.63) is 28.4 Å². The second-order valence-corrected chi connectivity index (χ2v) is 6.22. The van der Waals surface area contributed by atoms with Crippen LogP contribution in [0.3, 0.4) is 0 Å². The number of fused-ring (bicyclic) bond motifs is 2. The standard InChI is InChI=1S/C12H15N3O2S/c1-8-2-11(16)14(7-13-8)5-12(17)15-4-10-3-9(15)6-18-10/h2,7,9-10H,3-6H2,1H3. The minimum Gasteiger partial charge on any atom is -0.336 e. The zero-order valence-corrected chi connectivity index (χ0v) is 11.0. The van der Waals surface area contributed by atoms with E-state index in [-0.39, 0.29) is 18.0 Å². The second-order valence-electron chi connectivity index (χ2n) is 4.89. The average molecular weight is 265 g/mol. The summed E-state index contributed by atoms with van der Waals surface area (Å²) < 4.78 is 1.38. The van der Waals surface area contributed by atoms with E-state index in [9.17, 15) is 9.59 Å². The maximum atomic E-state index is 12.2. The highest BCUT2D eigenvalue weighted by molar-refractivity contribution is 8.00.